The van der Waals surface area contributed by atoms with Crippen molar-refractivity contribution in [1.29, 1.82) is 0 Å². The minimum absolute atomic E-state index is 0.131. The number of likely N-dealkylation sites (tertiary alicyclic amines) is 1. The van der Waals surface area contributed by atoms with E-state index in [4.69, 9.17) is 4.42 Å². The van der Waals surface area contributed by atoms with Crippen molar-refractivity contribution in [2.75, 3.05) is 6.54 Å². The van der Waals surface area contributed by atoms with E-state index < -0.39 is 0 Å². The molecule has 2 unspecified atom stereocenters. The highest BCUT2D eigenvalue weighted by Crippen LogP contribution is 2.37. The molecule has 118 valence electrons. The molecule has 3 nitrogen and oxygen atoms in total. The van der Waals surface area contributed by atoms with Gasteiger partial charge in [-0.2, -0.15) is 0 Å². The second kappa shape index (κ2) is 6.13. The molecule has 2 aliphatic rings. The summed E-state index contributed by atoms with van der Waals surface area (Å²) in [6.07, 6.45) is 8.97. The van der Waals surface area contributed by atoms with E-state index in [0.717, 1.165) is 30.8 Å². The van der Waals surface area contributed by atoms with E-state index in [-0.39, 0.29) is 5.54 Å². The number of nitrogens with one attached hydrogen (secondary N) is 1. The van der Waals surface area contributed by atoms with E-state index in [2.05, 4.69) is 37.1 Å². The molecule has 2 atom stereocenters. The SMILES string of the molecule is CC(C)(C)NCc1occc1CN1CCC2CCCCC21. The molecular weight excluding hydrogens is 260 g/mol. The highest BCUT2D eigenvalue weighted by atomic mass is 16.3. The first kappa shape index (κ1) is 15.1. The highest BCUT2D eigenvalue weighted by Gasteiger charge is 2.35. The molecule has 0 radical (unpaired) electrons. The van der Waals surface area contributed by atoms with Crippen LogP contribution in [0.2, 0.25) is 0 Å². The molecule has 1 aliphatic heterocycles. The molecule has 3 rings (SSSR count). The molecule has 1 saturated heterocycles. The fourth-order valence-electron chi connectivity index (χ4n) is 3.93. The van der Waals surface area contributed by atoms with Gasteiger partial charge in [0.25, 0.3) is 0 Å². The van der Waals surface area contributed by atoms with Gasteiger partial charge in [-0.1, -0.05) is 12.8 Å². The number of hydrogen-bond donors (Lipinski definition) is 1. The lowest BCUT2D eigenvalue weighted by Crippen LogP contribution is -2.36. The van der Waals surface area contributed by atoms with Crippen LogP contribution >= 0.6 is 0 Å². The summed E-state index contributed by atoms with van der Waals surface area (Å²) in [6.45, 7) is 9.76. The first-order valence-corrected chi connectivity index (χ1v) is 8.57. The smallest absolute Gasteiger partial charge is 0.122 e. The van der Waals surface area contributed by atoms with Gasteiger partial charge in [0.2, 0.25) is 0 Å². The fraction of sp³-hybridized carbons (Fsp3) is 0.778. The number of nitrogens with zero attached hydrogens (tertiary/aromatic N) is 1. The maximum atomic E-state index is 5.72. The summed E-state index contributed by atoms with van der Waals surface area (Å²) in [7, 11) is 0. The quantitative estimate of drug-likeness (QED) is 0.910. The van der Waals surface area contributed by atoms with Crippen molar-refractivity contribution in [3.05, 3.63) is 23.7 Å². The van der Waals surface area contributed by atoms with Crippen LogP contribution < -0.4 is 5.32 Å². The van der Waals surface area contributed by atoms with Gasteiger partial charge in [0.05, 0.1) is 12.8 Å². The summed E-state index contributed by atoms with van der Waals surface area (Å²) in [5.41, 5.74) is 1.50. The van der Waals surface area contributed by atoms with E-state index in [0.29, 0.717) is 0 Å². The van der Waals surface area contributed by atoms with Crippen molar-refractivity contribution < 1.29 is 4.42 Å². The molecule has 2 heterocycles. The summed E-state index contributed by atoms with van der Waals surface area (Å²) >= 11 is 0. The van der Waals surface area contributed by atoms with Crippen LogP contribution in [-0.4, -0.2) is 23.0 Å². The molecule has 0 spiro atoms. The maximum Gasteiger partial charge on any atom is 0.122 e. The van der Waals surface area contributed by atoms with Gasteiger partial charge in [-0.15, -0.1) is 0 Å². The van der Waals surface area contributed by atoms with Gasteiger partial charge in [0.1, 0.15) is 5.76 Å². The Hall–Kier alpha value is -0.800. The highest BCUT2D eigenvalue weighted by molar-refractivity contribution is 5.17. The molecule has 1 aromatic rings. The Morgan fingerprint density at radius 1 is 1.24 bits per heavy atom. The monoisotopic (exact) mass is 290 g/mol. The van der Waals surface area contributed by atoms with Crippen molar-refractivity contribution in [3.8, 4) is 0 Å². The Balaban J connectivity index is 1.61. The average Bonchev–Trinajstić information content (AvgIpc) is 3.04. The van der Waals surface area contributed by atoms with Crippen molar-refractivity contribution in [1.82, 2.24) is 10.2 Å². The molecule has 1 aromatic heterocycles. The lowest BCUT2D eigenvalue weighted by atomic mass is 9.85. The molecule has 0 aromatic carbocycles. The predicted molar refractivity (Wildman–Crippen MR) is 86.1 cm³/mol. The van der Waals surface area contributed by atoms with Crippen molar-refractivity contribution in [3.63, 3.8) is 0 Å². The van der Waals surface area contributed by atoms with Crippen LogP contribution in [0.25, 0.3) is 0 Å². The Morgan fingerprint density at radius 2 is 2.05 bits per heavy atom. The van der Waals surface area contributed by atoms with Gasteiger partial charge in [-0.05, 0) is 58.6 Å². The van der Waals surface area contributed by atoms with Gasteiger partial charge >= 0.3 is 0 Å². The Bertz CT molecular complexity index is 460. The largest absolute Gasteiger partial charge is 0.468 e. The summed E-state index contributed by atoms with van der Waals surface area (Å²) in [4.78, 5) is 2.70. The zero-order valence-corrected chi connectivity index (χ0v) is 13.8. The topological polar surface area (TPSA) is 28.4 Å². The van der Waals surface area contributed by atoms with Crippen LogP contribution in [0.3, 0.4) is 0 Å². The van der Waals surface area contributed by atoms with Crippen LogP contribution in [0.5, 0.6) is 0 Å². The predicted octanol–water partition coefficient (Wildman–Crippen LogP) is 3.93. The third-order valence-electron chi connectivity index (χ3n) is 5.12. The lowest BCUT2D eigenvalue weighted by molar-refractivity contribution is 0.175. The summed E-state index contributed by atoms with van der Waals surface area (Å²) in [6, 6.07) is 2.99. The lowest BCUT2D eigenvalue weighted by Gasteiger charge is -2.31. The maximum absolute atomic E-state index is 5.72. The molecule has 0 bridgehead atoms. The second-order valence-corrected chi connectivity index (χ2v) is 7.84. The van der Waals surface area contributed by atoms with Crippen molar-refractivity contribution in [2.45, 2.75) is 77.5 Å². The number of fused-ring (bicyclic) bond motifs is 1. The van der Waals surface area contributed by atoms with Gasteiger partial charge in [0.15, 0.2) is 0 Å². The van der Waals surface area contributed by atoms with Crippen molar-refractivity contribution in [2.24, 2.45) is 5.92 Å². The minimum Gasteiger partial charge on any atom is -0.468 e. The molecule has 2 fully saturated rings. The Kier molecular flexibility index (Phi) is 4.41. The Morgan fingerprint density at radius 3 is 2.86 bits per heavy atom. The molecular formula is C18H30N2O. The van der Waals surface area contributed by atoms with Crippen molar-refractivity contribution >= 4 is 0 Å². The van der Waals surface area contributed by atoms with Crippen LogP contribution in [0.1, 0.15) is 64.2 Å². The average molecular weight is 290 g/mol. The zero-order valence-electron chi connectivity index (χ0n) is 13.8. The van der Waals surface area contributed by atoms with Gasteiger partial charge in [-0.25, -0.2) is 0 Å². The molecule has 21 heavy (non-hydrogen) atoms. The van der Waals surface area contributed by atoms with E-state index in [1.54, 1.807) is 0 Å². The van der Waals surface area contributed by atoms with E-state index in [1.807, 2.05) is 6.26 Å². The summed E-state index contributed by atoms with van der Waals surface area (Å²) in [5, 5.41) is 3.53. The van der Waals surface area contributed by atoms with Crippen LogP contribution in [0, 0.1) is 5.92 Å². The van der Waals surface area contributed by atoms with Gasteiger partial charge in [-0.3, -0.25) is 4.90 Å². The zero-order chi connectivity index (χ0) is 14.9. The fourth-order valence-corrected chi connectivity index (χ4v) is 3.93. The van der Waals surface area contributed by atoms with E-state index in [1.165, 1.54) is 44.2 Å². The third kappa shape index (κ3) is 3.70. The van der Waals surface area contributed by atoms with Gasteiger partial charge < -0.3 is 9.73 Å². The third-order valence-corrected chi connectivity index (χ3v) is 5.12. The number of furan rings is 1. The first-order chi connectivity index (χ1) is 10.0. The summed E-state index contributed by atoms with van der Waals surface area (Å²) < 4.78 is 5.72. The molecule has 1 N–H and O–H groups in total. The summed E-state index contributed by atoms with van der Waals surface area (Å²) in [5.74, 6) is 2.07. The first-order valence-electron chi connectivity index (χ1n) is 8.57. The van der Waals surface area contributed by atoms with Crippen LogP contribution in [0.15, 0.2) is 16.7 Å². The molecule has 1 aliphatic carbocycles. The second-order valence-electron chi connectivity index (χ2n) is 7.84. The van der Waals surface area contributed by atoms with Crippen LogP contribution in [-0.2, 0) is 13.1 Å². The molecule has 0 amide bonds. The normalized spacial score (nSPS) is 27.0. The van der Waals surface area contributed by atoms with Gasteiger partial charge in [0, 0.05) is 23.7 Å². The number of hydrogen-bond acceptors (Lipinski definition) is 3. The van der Waals surface area contributed by atoms with E-state index in [9.17, 15) is 0 Å². The van der Waals surface area contributed by atoms with Crippen LogP contribution in [0.4, 0.5) is 0 Å². The number of rotatable bonds is 4. The standard InChI is InChI=1S/C18H30N2O/c1-18(2,3)19-12-17-15(9-11-21-17)13-20-10-8-14-6-4-5-7-16(14)20/h9,11,14,16,19H,4-8,10,12-13H2,1-3H3. The minimum atomic E-state index is 0.131. The molecule has 1 saturated carbocycles. The van der Waals surface area contributed by atoms with E-state index >= 15 is 0 Å². The Labute approximate surface area is 129 Å². The molecule has 3 heteroatoms.